The van der Waals surface area contributed by atoms with Gasteiger partial charge in [-0.1, -0.05) is 0 Å². The standard InChI is InChI=1S/C13H15F2N5O/c1-2-21-8-3-7(4-8)20-13(17-18-19-20)9-5-10(14)11(15)6-12(9)16/h5-8H,2-4,16H2,1H3. The van der Waals surface area contributed by atoms with Crippen molar-refractivity contribution in [3.63, 3.8) is 0 Å². The van der Waals surface area contributed by atoms with Gasteiger partial charge in [-0.25, -0.2) is 13.5 Å². The van der Waals surface area contributed by atoms with Crippen LogP contribution in [0.1, 0.15) is 25.8 Å². The Bertz CT molecular complexity index is 654. The smallest absolute Gasteiger partial charge is 0.184 e. The van der Waals surface area contributed by atoms with Crippen LogP contribution in [0.25, 0.3) is 11.4 Å². The Labute approximate surface area is 119 Å². The Kier molecular flexibility index (Phi) is 3.54. The van der Waals surface area contributed by atoms with Crippen molar-refractivity contribution in [3.05, 3.63) is 23.8 Å². The van der Waals surface area contributed by atoms with Crippen molar-refractivity contribution in [1.29, 1.82) is 0 Å². The van der Waals surface area contributed by atoms with Gasteiger partial charge in [-0.2, -0.15) is 0 Å². The van der Waals surface area contributed by atoms with Crippen LogP contribution < -0.4 is 5.73 Å². The van der Waals surface area contributed by atoms with Crippen molar-refractivity contribution in [2.24, 2.45) is 0 Å². The van der Waals surface area contributed by atoms with Crippen molar-refractivity contribution in [1.82, 2.24) is 20.2 Å². The van der Waals surface area contributed by atoms with E-state index in [1.807, 2.05) is 6.92 Å². The number of aromatic nitrogens is 4. The number of nitrogens with two attached hydrogens (primary N) is 1. The maximum atomic E-state index is 13.4. The van der Waals surface area contributed by atoms with Gasteiger partial charge in [0.25, 0.3) is 0 Å². The van der Waals surface area contributed by atoms with Gasteiger partial charge in [-0.3, -0.25) is 0 Å². The molecule has 1 fully saturated rings. The van der Waals surface area contributed by atoms with Crippen LogP contribution in [0.15, 0.2) is 12.1 Å². The summed E-state index contributed by atoms with van der Waals surface area (Å²) in [5.41, 5.74) is 6.14. The maximum absolute atomic E-state index is 13.4. The molecule has 2 aromatic rings. The maximum Gasteiger partial charge on any atom is 0.184 e. The quantitative estimate of drug-likeness (QED) is 0.872. The summed E-state index contributed by atoms with van der Waals surface area (Å²) in [5.74, 6) is -1.63. The molecule has 0 aliphatic heterocycles. The minimum absolute atomic E-state index is 0.0825. The summed E-state index contributed by atoms with van der Waals surface area (Å²) in [6, 6.07) is 2.04. The number of nitrogen functional groups attached to an aromatic ring is 1. The Morgan fingerprint density at radius 3 is 2.76 bits per heavy atom. The number of tetrazole rings is 1. The van der Waals surface area contributed by atoms with Crippen LogP contribution in [0.4, 0.5) is 14.5 Å². The molecule has 21 heavy (non-hydrogen) atoms. The number of hydrogen-bond donors (Lipinski definition) is 1. The molecule has 0 unspecified atom stereocenters. The fraction of sp³-hybridized carbons (Fsp3) is 0.462. The number of halogens is 2. The first-order valence-corrected chi connectivity index (χ1v) is 6.74. The predicted octanol–water partition coefficient (Wildman–Crippen LogP) is 1.94. The monoisotopic (exact) mass is 295 g/mol. The van der Waals surface area contributed by atoms with Crippen LogP contribution in [0.3, 0.4) is 0 Å². The lowest BCUT2D eigenvalue weighted by atomic mass is 9.89. The molecule has 0 saturated heterocycles. The van der Waals surface area contributed by atoms with Gasteiger partial charge in [0, 0.05) is 23.9 Å². The lowest BCUT2D eigenvalue weighted by Gasteiger charge is -2.34. The minimum atomic E-state index is -0.990. The molecule has 0 radical (unpaired) electrons. The summed E-state index contributed by atoms with van der Waals surface area (Å²) in [6.07, 6.45) is 1.77. The highest BCUT2D eigenvalue weighted by Gasteiger charge is 2.34. The van der Waals surface area contributed by atoms with Gasteiger partial charge in [0.1, 0.15) is 0 Å². The van der Waals surface area contributed by atoms with E-state index >= 15 is 0 Å². The van der Waals surface area contributed by atoms with E-state index in [0.717, 1.165) is 25.0 Å². The fourth-order valence-corrected chi connectivity index (χ4v) is 2.48. The molecule has 8 heteroatoms. The first kappa shape index (κ1) is 13.9. The van der Waals surface area contributed by atoms with Gasteiger partial charge in [0.05, 0.1) is 12.1 Å². The van der Waals surface area contributed by atoms with Crippen molar-refractivity contribution in [2.45, 2.75) is 31.9 Å². The van der Waals surface area contributed by atoms with Crippen molar-refractivity contribution >= 4 is 5.69 Å². The van der Waals surface area contributed by atoms with E-state index in [-0.39, 0.29) is 17.8 Å². The van der Waals surface area contributed by atoms with E-state index in [1.54, 1.807) is 4.68 Å². The number of hydrogen-bond acceptors (Lipinski definition) is 5. The van der Waals surface area contributed by atoms with Crippen molar-refractivity contribution in [3.8, 4) is 11.4 Å². The summed E-state index contributed by atoms with van der Waals surface area (Å²) in [5, 5.41) is 11.4. The number of benzene rings is 1. The van der Waals surface area contributed by atoms with Gasteiger partial charge in [0.15, 0.2) is 17.5 Å². The second kappa shape index (κ2) is 5.36. The zero-order valence-electron chi connectivity index (χ0n) is 11.5. The van der Waals surface area contributed by atoms with E-state index in [0.29, 0.717) is 18.0 Å². The topological polar surface area (TPSA) is 78.8 Å². The molecule has 1 saturated carbocycles. The van der Waals surface area contributed by atoms with Gasteiger partial charge in [0.2, 0.25) is 0 Å². The van der Waals surface area contributed by atoms with E-state index in [4.69, 9.17) is 10.5 Å². The first-order valence-electron chi connectivity index (χ1n) is 6.74. The molecule has 0 spiro atoms. The molecule has 1 aliphatic rings. The van der Waals surface area contributed by atoms with E-state index < -0.39 is 11.6 Å². The molecular weight excluding hydrogens is 280 g/mol. The van der Waals surface area contributed by atoms with Crippen LogP contribution in [-0.4, -0.2) is 32.9 Å². The molecule has 6 nitrogen and oxygen atoms in total. The number of ether oxygens (including phenoxy) is 1. The summed E-state index contributed by atoms with van der Waals surface area (Å²) in [6.45, 7) is 2.60. The average molecular weight is 295 g/mol. The zero-order chi connectivity index (χ0) is 15.0. The van der Waals surface area contributed by atoms with Crippen molar-refractivity contribution < 1.29 is 13.5 Å². The second-order valence-corrected chi connectivity index (χ2v) is 5.00. The molecule has 1 aromatic carbocycles. The third-order valence-corrected chi connectivity index (χ3v) is 3.64. The Morgan fingerprint density at radius 2 is 2.05 bits per heavy atom. The summed E-state index contributed by atoms with van der Waals surface area (Å²) in [7, 11) is 0. The molecule has 2 N–H and O–H groups in total. The molecule has 112 valence electrons. The summed E-state index contributed by atoms with van der Waals surface area (Å²) < 4.78 is 33.6. The molecule has 1 heterocycles. The third kappa shape index (κ3) is 2.46. The van der Waals surface area contributed by atoms with Gasteiger partial charge in [-0.05, 0) is 36.3 Å². The second-order valence-electron chi connectivity index (χ2n) is 5.00. The van der Waals surface area contributed by atoms with E-state index in [2.05, 4.69) is 15.5 Å². The third-order valence-electron chi connectivity index (χ3n) is 3.64. The molecule has 0 amide bonds. The van der Waals surface area contributed by atoms with E-state index in [9.17, 15) is 8.78 Å². The normalized spacial score (nSPS) is 21.3. The highest BCUT2D eigenvalue weighted by Crippen LogP contribution is 2.37. The molecule has 3 rings (SSSR count). The van der Waals surface area contributed by atoms with Crippen LogP contribution in [0.2, 0.25) is 0 Å². The highest BCUT2D eigenvalue weighted by atomic mass is 19.2. The van der Waals surface area contributed by atoms with Crippen LogP contribution in [0, 0.1) is 11.6 Å². The predicted molar refractivity (Wildman–Crippen MR) is 71.3 cm³/mol. The highest BCUT2D eigenvalue weighted by molar-refractivity contribution is 5.71. The average Bonchev–Trinajstić information content (AvgIpc) is 2.86. The molecule has 0 bridgehead atoms. The fourth-order valence-electron chi connectivity index (χ4n) is 2.48. The number of rotatable bonds is 4. The van der Waals surface area contributed by atoms with Crippen LogP contribution >= 0.6 is 0 Å². The number of nitrogens with zero attached hydrogens (tertiary/aromatic N) is 4. The van der Waals surface area contributed by atoms with E-state index in [1.165, 1.54) is 0 Å². The largest absolute Gasteiger partial charge is 0.398 e. The molecule has 0 atom stereocenters. The molecule has 1 aliphatic carbocycles. The lowest BCUT2D eigenvalue weighted by Crippen LogP contribution is -2.34. The van der Waals surface area contributed by atoms with Gasteiger partial charge >= 0.3 is 0 Å². The minimum Gasteiger partial charge on any atom is -0.398 e. The Balaban J connectivity index is 1.88. The number of anilines is 1. The molecule has 1 aromatic heterocycles. The Morgan fingerprint density at radius 1 is 1.33 bits per heavy atom. The van der Waals surface area contributed by atoms with Gasteiger partial charge in [-0.15, -0.1) is 5.10 Å². The van der Waals surface area contributed by atoms with Gasteiger partial charge < -0.3 is 10.5 Å². The lowest BCUT2D eigenvalue weighted by molar-refractivity contribution is -0.0227. The Hall–Kier alpha value is -2.09. The van der Waals surface area contributed by atoms with Crippen LogP contribution in [0.5, 0.6) is 0 Å². The SMILES string of the molecule is CCOC1CC(n2nnnc2-c2cc(F)c(F)cc2N)C1. The summed E-state index contributed by atoms with van der Waals surface area (Å²) >= 11 is 0. The summed E-state index contributed by atoms with van der Waals surface area (Å²) in [4.78, 5) is 0. The first-order chi connectivity index (χ1) is 10.1. The zero-order valence-corrected chi connectivity index (χ0v) is 11.5. The molecular formula is C13H15F2N5O. The van der Waals surface area contributed by atoms with Crippen molar-refractivity contribution in [2.75, 3.05) is 12.3 Å². The van der Waals surface area contributed by atoms with Crippen LogP contribution in [-0.2, 0) is 4.74 Å².